The third-order valence-electron chi connectivity index (χ3n) is 2.70. The van der Waals surface area contributed by atoms with Gasteiger partial charge in [0.25, 0.3) is 0 Å². The van der Waals surface area contributed by atoms with E-state index >= 15 is 0 Å². The topological polar surface area (TPSA) is 53.7 Å². The summed E-state index contributed by atoms with van der Waals surface area (Å²) in [4.78, 5) is 0. The molecule has 0 aromatic carbocycles. The predicted octanol–water partition coefficient (Wildman–Crippen LogP) is 2.62. The maximum atomic E-state index is 5.90. The van der Waals surface area contributed by atoms with Gasteiger partial charge in [-0.25, -0.2) is 0 Å². The van der Waals surface area contributed by atoms with Crippen LogP contribution in [0.4, 0.5) is 0 Å². The Bertz CT molecular complexity index is 175. The van der Waals surface area contributed by atoms with Crippen LogP contribution in [0.25, 0.3) is 0 Å². The lowest BCUT2D eigenvalue weighted by molar-refractivity contribution is 0.0527. The van der Waals surface area contributed by atoms with E-state index < -0.39 is 8.56 Å². The summed E-state index contributed by atoms with van der Waals surface area (Å²) in [6.45, 7) is 10.4. The third kappa shape index (κ3) is 7.16. The molecule has 0 spiro atoms. The predicted molar refractivity (Wildman–Crippen MR) is 73.1 cm³/mol. The fraction of sp³-hybridized carbons (Fsp3) is 1.00. The second kappa shape index (κ2) is 10.0. The maximum Gasteiger partial charge on any atom is 0.337 e. The van der Waals surface area contributed by atoms with Crippen molar-refractivity contribution in [3.05, 3.63) is 0 Å². The summed E-state index contributed by atoms with van der Waals surface area (Å²) in [5, 5.41) is 0. The fourth-order valence-corrected chi connectivity index (χ4v) is 4.72. The van der Waals surface area contributed by atoms with Crippen LogP contribution in [-0.2, 0) is 13.6 Å². The standard InChI is InChI=1S/C12H29NO3Si/c1-5-10-14-12(13)9-11-17(8-4,15-6-2)16-7-3/h12H,5-11,13H2,1-4H3. The van der Waals surface area contributed by atoms with Crippen LogP contribution in [0.3, 0.4) is 0 Å². The largest absolute Gasteiger partial charge is 0.394 e. The highest BCUT2D eigenvalue weighted by Crippen LogP contribution is 2.21. The van der Waals surface area contributed by atoms with Crippen molar-refractivity contribution in [3.8, 4) is 0 Å². The smallest absolute Gasteiger partial charge is 0.337 e. The lowest BCUT2D eigenvalue weighted by atomic mass is 10.4. The summed E-state index contributed by atoms with van der Waals surface area (Å²) in [5.74, 6) is 0. The molecule has 1 unspecified atom stereocenters. The molecule has 4 nitrogen and oxygen atoms in total. The second-order valence-electron chi connectivity index (χ2n) is 4.08. The molecular formula is C12H29NO3Si. The van der Waals surface area contributed by atoms with Gasteiger partial charge in [0.1, 0.15) is 6.23 Å². The monoisotopic (exact) mass is 263 g/mol. The van der Waals surface area contributed by atoms with Crippen molar-refractivity contribution in [2.45, 2.75) is 58.9 Å². The highest BCUT2D eigenvalue weighted by atomic mass is 28.4. The highest BCUT2D eigenvalue weighted by Gasteiger charge is 2.35. The normalized spacial score (nSPS) is 13.9. The summed E-state index contributed by atoms with van der Waals surface area (Å²) in [6.07, 6.45) is 1.63. The van der Waals surface area contributed by atoms with Gasteiger partial charge in [-0.15, -0.1) is 0 Å². The van der Waals surface area contributed by atoms with Crippen LogP contribution in [-0.4, -0.2) is 34.6 Å². The number of nitrogens with two attached hydrogens (primary N) is 1. The summed E-state index contributed by atoms with van der Waals surface area (Å²) in [7, 11) is -2.03. The molecule has 0 saturated heterocycles. The molecule has 0 bridgehead atoms. The van der Waals surface area contributed by atoms with Gasteiger partial charge in [-0.05, 0) is 38.8 Å². The molecular weight excluding hydrogens is 234 g/mol. The van der Waals surface area contributed by atoms with E-state index in [2.05, 4.69) is 13.8 Å². The molecule has 0 aromatic rings. The van der Waals surface area contributed by atoms with E-state index in [0.717, 1.165) is 31.5 Å². The zero-order valence-electron chi connectivity index (χ0n) is 11.8. The molecule has 2 N–H and O–H groups in total. The summed E-state index contributed by atoms with van der Waals surface area (Å²) < 4.78 is 17.2. The summed E-state index contributed by atoms with van der Waals surface area (Å²) >= 11 is 0. The number of ether oxygens (including phenoxy) is 1. The van der Waals surface area contributed by atoms with Crippen molar-refractivity contribution in [1.29, 1.82) is 0 Å². The van der Waals surface area contributed by atoms with Gasteiger partial charge < -0.3 is 19.3 Å². The van der Waals surface area contributed by atoms with Crippen LogP contribution in [0.1, 0.15) is 40.5 Å². The number of rotatable bonds is 11. The average Bonchev–Trinajstić information content (AvgIpc) is 2.34. The molecule has 0 aliphatic heterocycles. The van der Waals surface area contributed by atoms with E-state index in [1.54, 1.807) is 0 Å². The third-order valence-corrected chi connectivity index (χ3v) is 6.46. The van der Waals surface area contributed by atoms with Crippen molar-refractivity contribution >= 4 is 8.56 Å². The molecule has 5 heteroatoms. The lowest BCUT2D eigenvalue weighted by Crippen LogP contribution is -2.43. The van der Waals surface area contributed by atoms with Crippen LogP contribution in [0.15, 0.2) is 0 Å². The van der Waals surface area contributed by atoms with Crippen LogP contribution in [0.2, 0.25) is 12.1 Å². The first-order chi connectivity index (χ1) is 8.14. The Morgan fingerprint density at radius 2 is 1.65 bits per heavy atom. The Morgan fingerprint density at radius 3 is 2.06 bits per heavy atom. The van der Waals surface area contributed by atoms with E-state index in [0.29, 0.717) is 13.2 Å². The Morgan fingerprint density at radius 1 is 1.06 bits per heavy atom. The van der Waals surface area contributed by atoms with Crippen LogP contribution in [0.5, 0.6) is 0 Å². The molecule has 104 valence electrons. The maximum absolute atomic E-state index is 5.90. The van der Waals surface area contributed by atoms with Crippen LogP contribution < -0.4 is 5.73 Å². The molecule has 17 heavy (non-hydrogen) atoms. The first-order valence-electron chi connectivity index (χ1n) is 6.79. The lowest BCUT2D eigenvalue weighted by Gasteiger charge is -2.29. The van der Waals surface area contributed by atoms with E-state index in [9.17, 15) is 0 Å². The van der Waals surface area contributed by atoms with Gasteiger partial charge in [0.05, 0.1) is 0 Å². The molecule has 0 saturated carbocycles. The quantitative estimate of drug-likeness (QED) is 0.460. The van der Waals surface area contributed by atoms with Gasteiger partial charge in [-0.1, -0.05) is 13.8 Å². The minimum atomic E-state index is -2.03. The Balaban J connectivity index is 4.13. The minimum Gasteiger partial charge on any atom is -0.394 e. The summed E-state index contributed by atoms with van der Waals surface area (Å²) in [5.41, 5.74) is 5.90. The average molecular weight is 263 g/mol. The van der Waals surface area contributed by atoms with Crippen molar-refractivity contribution in [2.24, 2.45) is 5.73 Å². The molecule has 0 rings (SSSR count). The molecule has 0 heterocycles. The van der Waals surface area contributed by atoms with Crippen molar-refractivity contribution < 1.29 is 13.6 Å². The van der Waals surface area contributed by atoms with Gasteiger partial charge in [-0.3, -0.25) is 0 Å². The molecule has 0 aliphatic carbocycles. The minimum absolute atomic E-state index is 0.186. The van der Waals surface area contributed by atoms with E-state index in [1.165, 1.54) is 0 Å². The van der Waals surface area contributed by atoms with E-state index in [4.69, 9.17) is 19.3 Å². The fourth-order valence-electron chi connectivity index (χ4n) is 1.81. The Kier molecular flexibility index (Phi) is 10.1. The number of hydrogen-bond acceptors (Lipinski definition) is 4. The van der Waals surface area contributed by atoms with Gasteiger partial charge >= 0.3 is 8.56 Å². The molecule has 0 aliphatic rings. The Labute approximate surface area is 107 Å². The van der Waals surface area contributed by atoms with Crippen molar-refractivity contribution in [2.75, 3.05) is 19.8 Å². The SMILES string of the molecule is CCCOC(N)CC[Si](CC)(OCC)OCC. The molecule has 0 aromatic heterocycles. The van der Waals surface area contributed by atoms with Gasteiger partial charge in [0.15, 0.2) is 0 Å². The van der Waals surface area contributed by atoms with Crippen LogP contribution in [0, 0.1) is 0 Å². The molecule has 0 amide bonds. The van der Waals surface area contributed by atoms with Gasteiger partial charge in [-0.2, -0.15) is 0 Å². The van der Waals surface area contributed by atoms with Crippen molar-refractivity contribution in [3.63, 3.8) is 0 Å². The molecule has 0 fully saturated rings. The molecule has 1 atom stereocenters. The van der Waals surface area contributed by atoms with E-state index in [-0.39, 0.29) is 6.23 Å². The summed E-state index contributed by atoms with van der Waals surface area (Å²) in [6, 6.07) is 1.88. The first kappa shape index (κ1) is 17.1. The van der Waals surface area contributed by atoms with Gasteiger partial charge in [0, 0.05) is 19.8 Å². The number of hydrogen-bond donors (Lipinski definition) is 1. The first-order valence-corrected chi connectivity index (χ1v) is 9.02. The van der Waals surface area contributed by atoms with Crippen molar-refractivity contribution in [1.82, 2.24) is 0 Å². The zero-order valence-corrected chi connectivity index (χ0v) is 12.8. The Hall–Kier alpha value is 0.0569. The second-order valence-corrected chi connectivity index (χ2v) is 7.68. The zero-order chi connectivity index (χ0) is 13.1. The van der Waals surface area contributed by atoms with E-state index in [1.807, 2.05) is 13.8 Å². The highest BCUT2D eigenvalue weighted by molar-refractivity contribution is 6.67. The van der Waals surface area contributed by atoms with Gasteiger partial charge in [0.2, 0.25) is 0 Å². The van der Waals surface area contributed by atoms with Crippen LogP contribution >= 0.6 is 0 Å². The molecule has 0 radical (unpaired) electrons.